The maximum atomic E-state index is 11.7. The van der Waals surface area contributed by atoms with Crippen molar-refractivity contribution in [1.82, 2.24) is 0 Å². The molecule has 0 heterocycles. The summed E-state index contributed by atoms with van der Waals surface area (Å²) in [6.07, 6.45) is 8.21. The van der Waals surface area contributed by atoms with E-state index in [4.69, 9.17) is 4.43 Å². The van der Waals surface area contributed by atoms with Crippen LogP contribution < -0.4 is 0 Å². The second-order valence-corrected chi connectivity index (χ2v) is 12.5. The maximum Gasteiger partial charge on any atom is 0.191 e. The van der Waals surface area contributed by atoms with Crippen molar-refractivity contribution in [1.29, 1.82) is 0 Å². The number of Topliss-reactive ketones (excluding diaryl/α,β-unsaturated/α-hetero) is 1. The molecule has 0 aromatic rings. The van der Waals surface area contributed by atoms with Crippen LogP contribution in [-0.2, 0) is 9.22 Å². The van der Waals surface area contributed by atoms with Gasteiger partial charge in [-0.05, 0) is 43.3 Å². The number of ketones is 1. The van der Waals surface area contributed by atoms with Gasteiger partial charge in [-0.1, -0.05) is 39.8 Å². The topological polar surface area (TPSA) is 26.3 Å². The summed E-state index contributed by atoms with van der Waals surface area (Å²) in [5, 5.41) is 0.286. The Hall–Kier alpha value is -0.413. The maximum absolute atomic E-state index is 11.7. The molecule has 2 atom stereocenters. The Morgan fingerprint density at radius 3 is 2.50 bits per heavy atom. The Morgan fingerprint density at radius 1 is 1.35 bits per heavy atom. The smallest absolute Gasteiger partial charge is 0.191 e. The van der Waals surface area contributed by atoms with E-state index in [-0.39, 0.29) is 11.0 Å². The first-order chi connectivity index (χ1) is 9.15. The normalized spacial score (nSPS) is 24.8. The fourth-order valence-electron chi connectivity index (χ4n) is 2.32. The Labute approximate surface area is 126 Å². The van der Waals surface area contributed by atoms with Gasteiger partial charge in [-0.15, -0.1) is 0 Å². The minimum atomic E-state index is -1.59. The van der Waals surface area contributed by atoms with E-state index in [1.165, 1.54) is 0 Å². The molecule has 2 unspecified atom stereocenters. The number of hydrogen-bond donors (Lipinski definition) is 0. The molecule has 3 heteroatoms. The summed E-state index contributed by atoms with van der Waals surface area (Å²) in [7, 11) is -1.59. The molecule has 1 saturated carbocycles. The minimum Gasteiger partial charge on any atom is -0.417 e. The molecule has 0 spiro atoms. The van der Waals surface area contributed by atoms with Crippen LogP contribution in [0.1, 0.15) is 53.4 Å². The first-order valence-electron chi connectivity index (χ1n) is 7.98. The van der Waals surface area contributed by atoms with Crippen molar-refractivity contribution < 1.29 is 9.22 Å². The van der Waals surface area contributed by atoms with Crippen LogP contribution in [0.2, 0.25) is 18.1 Å². The van der Waals surface area contributed by atoms with E-state index >= 15 is 0 Å². The van der Waals surface area contributed by atoms with Crippen molar-refractivity contribution in [2.24, 2.45) is 11.8 Å². The highest BCUT2D eigenvalue weighted by atomic mass is 28.4. The molecular weight excluding hydrogens is 264 g/mol. The average molecular weight is 297 g/mol. The SMILES string of the molecule is CC1CCC(=O)C1/C=C\CCCO[Si](C)(C)C(C)(C)C. The van der Waals surface area contributed by atoms with Crippen molar-refractivity contribution in [3.8, 4) is 0 Å². The molecule has 1 aliphatic rings. The predicted molar refractivity (Wildman–Crippen MR) is 88.4 cm³/mol. The molecule has 0 aromatic carbocycles. The van der Waals surface area contributed by atoms with Gasteiger partial charge >= 0.3 is 0 Å². The summed E-state index contributed by atoms with van der Waals surface area (Å²) >= 11 is 0. The van der Waals surface area contributed by atoms with Gasteiger partial charge in [0.1, 0.15) is 5.78 Å². The number of allylic oxidation sites excluding steroid dienone is 2. The molecule has 1 fully saturated rings. The Morgan fingerprint density at radius 2 is 2.00 bits per heavy atom. The standard InChI is InChI=1S/C17H32O2Si/c1-14-11-12-16(18)15(14)10-8-7-9-13-19-20(5,6)17(2,3)4/h8,10,14-15H,7,9,11-13H2,1-6H3/b10-8-. The first kappa shape index (κ1) is 17.6. The van der Waals surface area contributed by atoms with Crippen LogP contribution in [0.4, 0.5) is 0 Å². The molecule has 0 aliphatic heterocycles. The van der Waals surface area contributed by atoms with E-state index in [0.717, 1.165) is 32.3 Å². The largest absolute Gasteiger partial charge is 0.417 e. The van der Waals surface area contributed by atoms with Crippen molar-refractivity contribution in [2.75, 3.05) is 6.61 Å². The lowest BCUT2D eigenvalue weighted by Gasteiger charge is -2.36. The van der Waals surface area contributed by atoms with Crippen molar-refractivity contribution in [3.63, 3.8) is 0 Å². The quantitative estimate of drug-likeness (QED) is 0.393. The lowest BCUT2D eigenvalue weighted by Crippen LogP contribution is -2.40. The Balaban J connectivity index is 2.24. The number of carbonyl (C=O) groups is 1. The highest BCUT2D eigenvalue weighted by Crippen LogP contribution is 2.36. The van der Waals surface area contributed by atoms with E-state index in [2.05, 4.69) is 52.9 Å². The second-order valence-electron chi connectivity index (χ2n) is 7.69. The van der Waals surface area contributed by atoms with Gasteiger partial charge in [-0.25, -0.2) is 0 Å². The van der Waals surface area contributed by atoms with Crippen LogP contribution in [-0.4, -0.2) is 20.7 Å². The minimum absolute atomic E-state index is 0.177. The summed E-state index contributed by atoms with van der Waals surface area (Å²) in [6.45, 7) is 14.4. The van der Waals surface area contributed by atoms with E-state index in [0.29, 0.717) is 11.7 Å². The predicted octanol–water partition coefficient (Wildman–Crippen LogP) is 4.96. The van der Waals surface area contributed by atoms with Crippen molar-refractivity contribution >= 4 is 14.1 Å². The average Bonchev–Trinajstić information content (AvgIpc) is 2.63. The van der Waals surface area contributed by atoms with Gasteiger partial charge in [-0.2, -0.15) is 0 Å². The van der Waals surface area contributed by atoms with E-state index < -0.39 is 8.32 Å². The van der Waals surface area contributed by atoms with E-state index in [1.807, 2.05) is 0 Å². The van der Waals surface area contributed by atoms with Gasteiger partial charge in [0.2, 0.25) is 0 Å². The van der Waals surface area contributed by atoms with Crippen molar-refractivity contribution in [2.45, 2.75) is 71.5 Å². The van der Waals surface area contributed by atoms with Gasteiger partial charge in [0, 0.05) is 18.9 Å². The summed E-state index contributed by atoms with van der Waals surface area (Å²) in [4.78, 5) is 11.7. The molecule has 0 amide bonds. The number of rotatable bonds is 6. The third-order valence-electron chi connectivity index (χ3n) is 4.96. The molecule has 1 rings (SSSR count). The summed E-state index contributed by atoms with van der Waals surface area (Å²) < 4.78 is 6.15. The highest BCUT2D eigenvalue weighted by Gasteiger charge is 2.36. The number of carbonyl (C=O) groups excluding carboxylic acids is 1. The molecule has 0 bridgehead atoms. The molecule has 0 aromatic heterocycles. The van der Waals surface area contributed by atoms with E-state index in [1.54, 1.807) is 0 Å². The summed E-state index contributed by atoms with van der Waals surface area (Å²) in [5.74, 6) is 1.13. The number of hydrogen-bond acceptors (Lipinski definition) is 2. The monoisotopic (exact) mass is 296 g/mol. The van der Waals surface area contributed by atoms with Crippen LogP contribution >= 0.6 is 0 Å². The third-order valence-corrected chi connectivity index (χ3v) is 9.50. The van der Waals surface area contributed by atoms with Crippen LogP contribution in [0.3, 0.4) is 0 Å². The van der Waals surface area contributed by atoms with Crippen LogP contribution in [0.25, 0.3) is 0 Å². The van der Waals surface area contributed by atoms with Gasteiger partial charge in [-0.3, -0.25) is 4.79 Å². The molecule has 0 saturated heterocycles. The first-order valence-corrected chi connectivity index (χ1v) is 10.9. The number of unbranched alkanes of at least 4 members (excludes halogenated alkanes) is 1. The van der Waals surface area contributed by atoms with Crippen LogP contribution in [0.15, 0.2) is 12.2 Å². The van der Waals surface area contributed by atoms with Gasteiger partial charge in [0.25, 0.3) is 0 Å². The van der Waals surface area contributed by atoms with Crippen molar-refractivity contribution in [3.05, 3.63) is 12.2 Å². The molecule has 1 aliphatic carbocycles. The lowest BCUT2D eigenvalue weighted by molar-refractivity contribution is -0.119. The fourth-order valence-corrected chi connectivity index (χ4v) is 3.41. The Kier molecular flexibility index (Phi) is 6.20. The molecule has 20 heavy (non-hydrogen) atoms. The highest BCUT2D eigenvalue weighted by molar-refractivity contribution is 6.74. The fraction of sp³-hybridized carbons (Fsp3) is 0.824. The van der Waals surface area contributed by atoms with Crippen LogP contribution in [0, 0.1) is 11.8 Å². The zero-order valence-corrected chi connectivity index (χ0v) is 15.2. The second kappa shape index (κ2) is 7.03. The van der Waals surface area contributed by atoms with Gasteiger partial charge < -0.3 is 4.43 Å². The van der Waals surface area contributed by atoms with Crippen LogP contribution in [0.5, 0.6) is 0 Å². The molecule has 2 nitrogen and oxygen atoms in total. The Bertz CT molecular complexity index is 352. The summed E-state index contributed by atoms with van der Waals surface area (Å²) in [6, 6.07) is 0. The van der Waals surface area contributed by atoms with Gasteiger partial charge in [0.15, 0.2) is 8.32 Å². The van der Waals surface area contributed by atoms with E-state index in [9.17, 15) is 4.79 Å². The molecule has 0 N–H and O–H groups in total. The molecule has 0 radical (unpaired) electrons. The lowest BCUT2D eigenvalue weighted by atomic mass is 9.97. The molecule has 116 valence electrons. The zero-order chi connectivity index (χ0) is 15.4. The summed E-state index contributed by atoms with van der Waals surface area (Å²) in [5.41, 5.74) is 0. The zero-order valence-electron chi connectivity index (χ0n) is 14.2. The van der Waals surface area contributed by atoms with Gasteiger partial charge in [0.05, 0.1) is 0 Å². The third kappa shape index (κ3) is 4.85. The molecular formula is C17H32O2Si.